The molecule has 4 nitrogen and oxygen atoms in total. The molecule has 5 heteroatoms. The van der Waals surface area contributed by atoms with Gasteiger partial charge < -0.3 is 20.1 Å². The lowest BCUT2D eigenvalue weighted by Gasteiger charge is -2.15. The van der Waals surface area contributed by atoms with Crippen LogP contribution in [0.1, 0.15) is 0 Å². The van der Waals surface area contributed by atoms with Crippen LogP contribution in [0.2, 0.25) is 0 Å². The number of halogens is 1. The molecule has 60 valence electrons. The molecule has 0 heterocycles. The van der Waals surface area contributed by atoms with Crippen molar-refractivity contribution in [2.75, 3.05) is 6.67 Å². The summed E-state index contributed by atoms with van der Waals surface area (Å²) < 4.78 is 11.5. The lowest BCUT2D eigenvalue weighted by Crippen LogP contribution is -2.39. The van der Waals surface area contributed by atoms with Crippen molar-refractivity contribution in [3.05, 3.63) is 0 Å². The van der Waals surface area contributed by atoms with Gasteiger partial charge in [-0.25, -0.2) is 4.39 Å². The van der Waals surface area contributed by atoms with Crippen molar-refractivity contribution in [2.45, 2.75) is 18.3 Å². The highest BCUT2D eigenvalue weighted by molar-refractivity contribution is 5.56. The van der Waals surface area contributed by atoms with Crippen LogP contribution in [0.4, 0.5) is 4.39 Å². The van der Waals surface area contributed by atoms with Crippen molar-refractivity contribution >= 4 is 6.29 Å². The molecule has 0 saturated carbocycles. The molecule has 0 radical (unpaired) electrons. The second-order valence-corrected chi connectivity index (χ2v) is 1.84. The van der Waals surface area contributed by atoms with Gasteiger partial charge in [-0.1, -0.05) is 0 Å². The molecule has 0 amide bonds. The Morgan fingerprint density at radius 1 is 1.40 bits per heavy atom. The molecule has 0 aliphatic carbocycles. The number of hydrogen-bond donors (Lipinski definition) is 3. The van der Waals surface area contributed by atoms with Crippen LogP contribution in [0.15, 0.2) is 0 Å². The largest absolute Gasteiger partial charge is 0.388 e. The minimum atomic E-state index is -1.73. The van der Waals surface area contributed by atoms with Crippen molar-refractivity contribution in [1.29, 1.82) is 0 Å². The number of aliphatic hydroxyl groups is 3. The maximum Gasteiger partial charge on any atom is 0.151 e. The first-order chi connectivity index (χ1) is 4.63. The topological polar surface area (TPSA) is 77.8 Å². The van der Waals surface area contributed by atoms with Crippen LogP contribution >= 0.6 is 0 Å². The van der Waals surface area contributed by atoms with Crippen molar-refractivity contribution in [3.63, 3.8) is 0 Å². The summed E-state index contributed by atoms with van der Waals surface area (Å²) in [5.74, 6) is 0. The first-order valence-corrected chi connectivity index (χ1v) is 2.69. The summed E-state index contributed by atoms with van der Waals surface area (Å²) in [5.41, 5.74) is 0. The van der Waals surface area contributed by atoms with Gasteiger partial charge in [0.05, 0.1) is 0 Å². The molecule has 0 saturated heterocycles. The first-order valence-electron chi connectivity index (χ1n) is 2.69. The summed E-state index contributed by atoms with van der Waals surface area (Å²) in [4.78, 5) is 9.72. The SMILES string of the molecule is O=C[C@H](O)[C@H](O)[C@H](O)C[18F]. The summed E-state index contributed by atoms with van der Waals surface area (Å²) in [7, 11) is 0. The number of hydrogen-bond acceptors (Lipinski definition) is 4. The minimum absolute atomic E-state index is 0.0313. The molecule has 0 aliphatic rings. The van der Waals surface area contributed by atoms with Crippen molar-refractivity contribution in [2.24, 2.45) is 0 Å². The molecule has 0 fully saturated rings. The highest BCUT2D eigenvalue weighted by atomic mass is 18.2. The quantitative estimate of drug-likeness (QED) is 0.416. The van der Waals surface area contributed by atoms with E-state index in [1.54, 1.807) is 0 Å². The van der Waals surface area contributed by atoms with E-state index in [9.17, 15) is 9.18 Å². The van der Waals surface area contributed by atoms with E-state index < -0.39 is 25.0 Å². The molecule has 0 rings (SSSR count). The average molecular weight is 151 g/mol. The summed E-state index contributed by atoms with van der Waals surface area (Å²) >= 11 is 0. The van der Waals surface area contributed by atoms with E-state index in [1.165, 1.54) is 0 Å². The molecule has 0 bridgehead atoms. The van der Waals surface area contributed by atoms with Crippen molar-refractivity contribution < 1.29 is 24.5 Å². The number of rotatable bonds is 4. The Balaban J connectivity index is 3.80. The number of alkyl halides is 1. The van der Waals surface area contributed by atoms with E-state index in [0.29, 0.717) is 0 Å². The number of carbonyl (C=O) groups excluding carboxylic acids is 1. The van der Waals surface area contributed by atoms with Gasteiger partial charge in [0.25, 0.3) is 0 Å². The Labute approximate surface area is 56.9 Å². The molecule has 0 aromatic carbocycles. The van der Waals surface area contributed by atoms with Gasteiger partial charge in [0.2, 0.25) is 0 Å². The van der Waals surface area contributed by atoms with Gasteiger partial charge in [0.1, 0.15) is 25.0 Å². The van der Waals surface area contributed by atoms with E-state index >= 15 is 0 Å². The third kappa shape index (κ3) is 2.38. The molecule has 10 heavy (non-hydrogen) atoms. The fourth-order valence-corrected chi connectivity index (χ4v) is 0.399. The molecule has 3 N–H and O–H groups in total. The summed E-state index contributed by atoms with van der Waals surface area (Å²) in [6, 6.07) is 0. The predicted molar refractivity (Wildman–Crippen MR) is 30.1 cm³/mol. The monoisotopic (exact) mass is 151 g/mol. The Hall–Kier alpha value is -0.520. The lowest BCUT2D eigenvalue weighted by molar-refractivity contribution is -0.126. The number of aliphatic hydroxyl groups excluding tert-OH is 3. The third-order valence-corrected chi connectivity index (χ3v) is 1.04. The van der Waals surface area contributed by atoms with Crippen LogP contribution in [0, 0.1) is 0 Å². The molecule has 0 aromatic heterocycles. The lowest BCUT2D eigenvalue weighted by atomic mass is 10.1. The van der Waals surface area contributed by atoms with Gasteiger partial charge in [-0.3, -0.25) is 0 Å². The Morgan fingerprint density at radius 3 is 2.20 bits per heavy atom. The Morgan fingerprint density at radius 2 is 1.90 bits per heavy atom. The van der Waals surface area contributed by atoms with Gasteiger partial charge in [0, 0.05) is 0 Å². The van der Waals surface area contributed by atoms with Gasteiger partial charge in [0.15, 0.2) is 6.29 Å². The molecular formula is C5H9FO4. The summed E-state index contributed by atoms with van der Waals surface area (Å²) in [5, 5.41) is 25.6. The van der Waals surface area contributed by atoms with Crippen LogP contribution in [0.5, 0.6) is 0 Å². The Bertz CT molecular complexity index is 108. The average Bonchev–Trinajstić information content (AvgIpc) is 2.00. The second kappa shape index (κ2) is 4.32. The van der Waals surface area contributed by atoms with E-state index in [4.69, 9.17) is 15.3 Å². The smallest absolute Gasteiger partial charge is 0.151 e. The molecule has 3 atom stereocenters. The van der Waals surface area contributed by atoms with Crippen LogP contribution in [0.3, 0.4) is 0 Å². The Kier molecular flexibility index (Phi) is 4.10. The van der Waals surface area contributed by atoms with Crippen LogP contribution in [-0.4, -0.2) is 46.6 Å². The highest BCUT2D eigenvalue weighted by Crippen LogP contribution is 1.98. The zero-order valence-electron chi connectivity index (χ0n) is 5.14. The molecule has 0 aromatic rings. The minimum Gasteiger partial charge on any atom is -0.388 e. The normalized spacial score (nSPS) is 19.6. The predicted octanol–water partition coefficient (Wildman–Crippen LogP) is -1.76. The molecular weight excluding hydrogens is 142 g/mol. The van der Waals surface area contributed by atoms with Crippen LogP contribution < -0.4 is 0 Å². The molecule has 0 aliphatic heterocycles. The van der Waals surface area contributed by atoms with Crippen LogP contribution in [-0.2, 0) is 4.79 Å². The second-order valence-electron chi connectivity index (χ2n) is 1.84. The van der Waals surface area contributed by atoms with Gasteiger partial charge in [-0.05, 0) is 0 Å². The van der Waals surface area contributed by atoms with Crippen molar-refractivity contribution in [3.8, 4) is 0 Å². The zero-order chi connectivity index (χ0) is 8.15. The number of aldehydes is 1. The van der Waals surface area contributed by atoms with Gasteiger partial charge in [-0.2, -0.15) is 0 Å². The van der Waals surface area contributed by atoms with E-state index in [2.05, 4.69) is 0 Å². The summed E-state index contributed by atoms with van der Waals surface area (Å²) in [6.45, 7) is -1.19. The van der Waals surface area contributed by atoms with Crippen LogP contribution in [0.25, 0.3) is 0 Å². The maximum absolute atomic E-state index is 11.5. The fourth-order valence-electron chi connectivity index (χ4n) is 0.399. The van der Waals surface area contributed by atoms with E-state index in [1.807, 2.05) is 0 Å². The summed E-state index contributed by atoms with van der Waals surface area (Å²) in [6.07, 6.45) is -5.11. The fraction of sp³-hybridized carbons (Fsp3) is 0.800. The molecule has 0 spiro atoms. The molecule has 0 unspecified atom stereocenters. The maximum atomic E-state index is 11.5. The van der Waals surface area contributed by atoms with E-state index in [0.717, 1.165) is 0 Å². The first kappa shape index (κ1) is 9.48. The standard InChI is InChI=1S/C5H9FO4/c6-1-3(8)5(10)4(9)2-7/h2-5,8-10H,1H2/t3-,4+,5-/m1/s1/i6-1. The highest BCUT2D eigenvalue weighted by Gasteiger charge is 2.23. The van der Waals surface area contributed by atoms with Crippen molar-refractivity contribution in [1.82, 2.24) is 0 Å². The van der Waals surface area contributed by atoms with Gasteiger partial charge in [-0.15, -0.1) is 0 Å². The zero-order valence-corrected chi connectivity index (χ0v) is 5.14. The third-order valence-electron chi connectivity index (χ3n) is 1.04. The number of carbonyl (C=O) groups is 1. The van der Waals surface area contributed by atoms with Gasteiger partial charge >= 0.3 is 0 Å². The van der Waals surface area contributed by atoms with E-state index in [-0.39, 0.29) is 6.29 Å².